The minimum absolute atomic E-state index is 0.240. The highest BCUT2D eigenvalue weighted by atomic mass is 16.5. The van der Waals surface area contributed by atoms with Gasteiger partial charge in [0.25, 0.3) is 11.5 Å². The highest BCUT2D eigenvalue weighted by Crippen LogP contribution is 2.14. The number of hydrogen-bond donors (Lipinski definition) is 2. The Morgan fingerprint density at radius 1 is 1.00 bits per heavy atom. The van der Waals surface area contributed by atoms with Gasteiger partial charge in [-0.25, -0.2) is 0 Å². The van der Waals surface area contributed by atoms with Gasteiger partial charge in [0.15, 0.2) is 0 Å². The molecule has 144 valence electrons. The van der Waals surface area contributed by atoms with Crippen molar-refractivity contribution < 1.29 is 9.53 Å². The second-order valence-corrected chi connectivity index (χ2v) is 6.54. The number of hydrogen-bond acceptors (Lipinski definition) is 4. The average Bonchev–Trinajstić information content (AvgIpc) is 2.77. The van der Waals surface area contributed by atoms with Gasteiger partial charge in [0.05, 0.1) is 5.69 Å². The van der Waals surface area contributed by atoms with Gasteiger partial charge in [-0.3, -0.25) is 14.6 Å². The number of amides is 1. The number of ether oxygens (including phenoxy) is 1. The third-order valence-corrected chi connectivity index (χ3v) is 4.49. The molecule has 2 aromatic carbocycles. The van der Waals surface area contributed by atoms with Crippen LogP contribution in [-0.2, 0) is 13.2 Å². The SMILES string of the molecule is O=C(NCc1ccc(OCc2ccccn2)cc1)c1cc2ccccc2c(=O)[nH]1. The Morgan fingerprint density at radius 3 is 2.59 bits per heavy atom. The highest BCUT2D eigenvalue weighted by Gasteiger charge is 2.09. The maximum Gasteiger partial charge on any atom is 0.268 e. The monoisotopic (exact) mass is 385 g/mol. The van der Waals surface area contributed by atoms with Gasteiger partial charge in [0.2, 0.25) is 0 Å². The van der Waals surface area contributed by atoms with Gasteiger partial charge in [-0.1, -0.05) is 36.4 Å². The maximum atomic E-state index is 12.4. The second-order valence-electron chi connectivity index (χ2n) is 6.54. The van der Waals surface area contributed by atoms with Gasteiger partial charge in [-0.05, 0) is 47.3 Å². The Morgan fingerprint density at radius 2 is 1.79 bits per heavy atom. The average molecular weight is 385 g/mol. The summed E-state index contributed by atoms with van der Waals surface area (Å²) in [6.07, 6.45) is 1.73. The number of carbonyl (C=O) groups is 1. The number of aromatic amines is 1. The summed E-state index contributed by atoms with van der Waals surface area (Å²) in [4.78, 5) is 31.4. The van der Waals surface area contributed by atoms with E-state index in [1.165, 1.54) is 0 Å². The standard InChI is InChI=1S/C23H19N3O3/c27-22-20-7-2-1-5-17(20)13-21(26-22)23(28)25-14-16-8-10-19(11-9-16)29-15-18-6-3-4-12-24-18/h1-13H,14-15H2,(H,25,28)(H,26,27). The topological polar surface area (TPSA) is 84.1 Å². The van der Waals surface area contributed by atoms with E-state index in [9.17, 15) is 9.59 Å². The number of pyridine rings is 2. The van der Waals surface area contributed by atoms with Crippen molar-refractivity contribution in [3.05, 3.63) is 106 Å². The van der Waals surface area contributed by atoms with Crippen LogP contribution in [0.25, 0.3) is 10.8 Å². The molecule has 2 aromatic heterocycles. The first kappa shape index (κ1) is 18.4. The third-order valence-electron chi connectivity index (χ3n) is 4.49. The van der Waals surface area contributed by atoms with Crippen LogP contribution in [0.15, 0.2) is 83.8 Å². The van der Waals surface area contributed by atoms with Crippen molar-refractivity contribution in [2.24, 2.45) is 0 Å². The van der Waals surface area contributed by atoms with E-state index in [0.29, 0.717) is 18.5 Å². The van der Waals surface area contributed by atoms with Crippen molar-refractivity contribution in [1.29, 1.82) is 0 Å². The normalized spacial score (nSPS) is 10.6. The Kier molecular flexibility index (Phi) is 5.33. The van der Waals surface area contributed by atoms with Gasteiger partial charge in [0.1, 0.15) is 18.1 Å². The fraction of sp³-hybridized carbons (Fsp3) is 0.0870. The fourth-order valence-electron chi connectivity index (χ4n) is 2.96. The minimum atomic E-state index is -0.330. The predicted octanol–water partition coefficient (Wildman–Crippen LogP) is 3.43. The molecule has 0 aliphatic rings. The zero-order valence-corrected chi connectivity index (χ0v) is 15.6. The van der Waals surface area contributed by atoms with Crippen LogP contribution in [0.2, 0.25) is 0 Å². The third kappa shape index (κ3) is 4.50. The number of fused-ring (bicyclic) bond motifs is 1. The molecule has 4 aromatic rings. The molecule has 2 heterocycles. The van der Waals surface area contributed by atoms with E-state index in [-0.39, 0.29) is 17.2 Å². The Labute approximate surface area is 167 Å². The van der Waals surface area contributed by atoms with Crippen LogP contribution in [0, 0.1) is 0 Å². The zero-order chi connectivity index (χ0) is 20.1. The van der Waals surface area contributed by atoms with Crippen LogP contribution in [0.5, 0.6) is 5.75 Å². The van der Waals surface area contributed by atoms with Crippen LogP contribution in [-0.4, -0.2) is 15.9 Å². The van der Waals surface area contributed by atoms with E-state index in [4.69, 9.17) is 4.74 Å². The van der Waals surface area contributed by atoms with E-state index < -0.39 is 0 Å². The molecule has 6 heteroatoms. The molecule has 0 fully saturated rings. The zero-order valence-electron chi connectivity index (χ0n) is 15.6. The molecular formula is C23H19N3O3. The first-order valence-corrected chi connectivity index (χ1v) is 9.21. The van der Waals surface area contributed by atoms with Gasteiger partial charge >= 0.3 is 0 Å². The Balaban J connectivity index is 1.36. The van der Waals surface area contributed by atoms with Gasteiger partial charge in [-0.15, -0.1) is 0 Å². The summed E-state index contributed by atoms with van der Waals surface area (Å²) in [5.41, 5.74) is 1.74. The first-order chi connectivity index (χ1) is 14.2. The number of benzene rings is 2. The summed E-state index contributed by atoms with van der Waals surface area (Å²) in [5.74, 6) is 0.396. The number of rotatable bonds is 6. The minimum Gasteiger partial charge on any atom is -0.487 e. The van der Waals surface area contributed by atoms with E-state index >= 15 is 0 Å². The van der Waals surface area contributed by atoms with Gasteiger partial charge < -0.3 is 15.0 Å². The lowest BCUT2D eigenvalue weighted by atomic mass is 10.1. The van der Waals surface area contributed by atoms with Crippen molar-refractivity contribution >= 4 is 16.7 Å². The number of nitrogens with zero attached hydrogens (tertiary/aromatic N) is 1. The molecule has 0 aliphatic carbocycles. The molecule has 0 radical (unpaired) electrons. The summed E-state index contributed by atoms with van der Waals surface area (Å²) >= 11 is 0. The summed E-state index contributed by atoms with van der Waals surface area (Å²) in [7, 11) is 0. The smallest absolute Gasteiger partial charge is 0.268 e. The van der Waals surface area contributed by atoms with E-state index in [1.54, 1.807) is 24.4 Å². The summed E-state index contributed by atoms with van der Waals surface area (Å²) in [6, 6.07) is 22.0. The highest BCUT2D eigenvalue weighted by molar-refractivity contribution is 5.96. The molecule has 29 heavy (non-hydrogen) atoms. The number of aromatic nitrogens is 2. The summed E-state index contributed by atoms with van der Waals surface area (Å²) in [6.45, 7) is 0.737. The van der Waals surface area contributed by atoms with Crippen molar-refractivity contribution in [3.8, 4) is 5.75 Å². The maximum absolute atomic E-state index is 12.4. The van der Waals surface area contributed by atoms with Gasteiger partial charge in [0, 0.05) is 18.1 Å². The number of carbonyl (C=O) groups excluding carboxylic acids is 1. The predicted molar refractivity (Wildman–Crippen MR) is 111 cm³/mol. The number of nitrogens with one attached hydrogen (secondary N) is 2. The largest absolute Gasteiger partial charge is 0.487 e. The molecule has 0 spiro atoms. The molecule has 0 unspecified atom stereocenters. The lowest BCUT2D eigenvalue weighted by Crippen LogP contribution is -2.26. The van der Waals surface area contributed by atoms with E-state index in [1.807, 2.05) is 54.6 Å². The molecule has 0 bridgehead atoms. The summed E-state index contributed by atoms with van der Waals surface area (Å²) < 4.78 is 5.71. The second kappa shape index (κ2) is 8.39. The Hall–Kier alpha value is -3.93. The van der Waals surface area contributed by atoms with Crippen LogP contribution in [0.1, 0.15) is 21.7 Å². The van der Waals surface area contributed by atoms with Crippen LogP contribution in [0.4, 0.5) is 0 Å². The molecule has 4 rings (SSSR count). The summed E-state index contributed by atoms with van der Waals surface area (Å²) in [5, 5.41) is 4.12. The molecule has 1 amide bonds. The quantitative estimate of drug-likeness (QED) is 0.533. The van der Waals surface area contributed by atoms with Crippen molar-refractivity contribution in [1.82, 2.24) is 15.3 Å². The molecular weight excluding hydrogens is 366 g/mol. The lowest BCUT2D eigenvalue weighted by molar-refractivity contribution is 0.0946. The van der Waals surface area contributed by atoms with Crippen LogP contribution >= 0.6 is 0 Å². The lowest BCUT2D eigenvalue weighted by Gasteiger charge is -2.08. The van der Waals surface area contributed by atoms with Crippen LogP contribution < -0.4 is 15.6 Å². The fourth-order valence-corrected chi connectivity index (χ4v) is 2.96. The molecule has 6 nitrogen and oxygen atoms in total. The molecule has 0 saturated carbocycles. The van der Waals surface area contributed by atoms with Crippen LogP contribution in [0.3, 0.4) is 0 Å². The van der Waals surface area contributed by atoms with Crippen molar-refractivity contribution in [3.63, 3.8) is 0 Å². The number of H-pyrrole nitrogens is 1. The van der Waals surface area contributed by atoms with Crippen molar-refractivity contribution in [2.45, 2.75) is 13.2 Å². The molecule has 2 N–H and O–H groups in total. The Bertz CT molecular complexity index is 1190. The molecule has 0 atom stereocenters. The molecule has 0 saturated heterocycles. The van der Waals surface area contributed by atoms with Crippen molar-refractivity contribution in [2.75, 3.05) is 0 Å². The first-order valence-electron chi connectivity index (χ1n) is 9.21. The molecule has 0 aliphatic heterocycles. The van der Waals surface area contributed by atoms with E-state index in [2.05, 4.69) is 15.3 Å². The van der Waals surface area contributed by atoms with E-state index in [0.717, 1.165) is 22.4 Å². The van der Waals surface area contributed by atoms with Gasteiger partial charge in [-0.2, -0.15) is 0 Å².